The van der Waals surface area contributed by atoms with E-state index in [1.807, 2.05) is 10.8 Å². The van der Waals surface area contributed by atoms with E-state index in [1.165, 1.54) is 19.9 Å². The molecule has 1 aliphatic heterocycles. The molecule has 0 aliphatic carbocycles. The first-order valence-electron chi connectivity index (χ1n) is 7.57. The highest BCUT2D eigenvalue weighted by Gasteiger charge is 2.25. The maximum Gasteiger partial charge on any atom is 0.269 e. The number of carbonyl (C=O) groups excluding carboxylic acids is 1. The minimum Gasteiger partial charge on any atom is -0.488 e. The molecule has 0 saturated heterocycles. The maximum absolute atomic E-state index is 12.3. The van der Waals surface area contributed by atoms with Gasteiger partial charge in [0.25, 0.3) is 15.9 Å². The van der Waals surface area contributed by atoms with Crippen molar-refractivity contribution in [2.75, 3.05) is 6.61 Å². The topological polar surface area (TPSA) is 98.5 Å². The number of hydrogen-bond acceptors (Lipinski definition) is 6. The third-order valence-corrected chi connectivity index (χ3v) is 5.45. The molecule has 0 bridgehead atoms. The lowest BCUT2D eigenvalue weighted by Gasteiger charge is -2.16. The lowest BCUT2D eigenvalue weighted by Crippen LogP contribution is -2.29. The van der Waals surface area contributed by atoms with Crippen LogP contribution in [0.25, 0.3) is 6.08 Å². The molecule has 2 heterocycles. The normalized spacial score (nSPS) is 13.9. The molecule has 1 aromatic carbocycles. The van der Waals surface area contributed by atoms with Crippen LogP contribution in [0, 0.1) is 13.8 Å². The number of halogens is 1. The number of rotatable bonds is 4. The zero-order chi connectivity index (χ0) is 18.9. The van der Waals surface area contributed by atoms with Gasteiger partial charge in [-0.3, -0.25) is 4.79 Å². The number of ether oxygens (including phenoxy) is 1. The van der Waals surface area contributed by atoms with E-state index >= 15 is 0 Å². The fourth-order valence-electron chi connectivity index (χ4n) is 2.52. The predicted molar refractivity (Wildman–Crippen MR) is 95.4 cm³/mol. The summed E-state index contributed by atoms with van der Waals surface area (Å²) in [4.78, 5) is 11.9. The number of carbonyl (C=O) groups is 1. The van der Waals surface area contributed by atoms with E-state index in [0.717, 1.165) is 11.6 Å². The molecule has 3 rings (SSSR count). The summed E-state index contributed by atoms with van der Waals surface area (Å²) in [5, 5.41) is 4.14. The molecule has 0 spiro atoms. The molecule has 7 nitrogen and oxygen atoms in total. The zero-order valence-corrected chi connectivity index (χ0v) is 15.5. The van der Waals surface area contributed by atoms with E-state index in [2.05, 4.69) is 5.16 Å². The highest BCUT2D eigenvalue weighted by atomic mass is 35.5. The highest BCUT2D eigenvalue weighted by molar-refractivity contribution is 7.90. The number of benzene rings is 1. The summed E-state index contributed by atoms with van der Waals surface area (Å²) < 4.78 is 36.9. The molecule has 1 aromatic heterocycles. The van der Waals surface area contributed by atoms with Crippen LogP contribution >= 0.6 is 11.6 Å². The van der Waals surface area contributed by atoms with Crippen molar-refractivity contribution >= 4 is 33.6 Å². The molecule has 26 heavy (non-hydrogen) atoms. The van der Waals surface area contributed by atoms with E-state index in [-0.39, 0.29) is 23.0 Å². The van der Waals surface area contributed by atoms with Gasteiger partial charge in [-0.05, 0) is 43.7 Å². The first kappa shape index (κ1) is 18.2. The average Bonchev–Trinajstić information content (AvgIpc) is 2.91. The standard InChI is InChI=1S/C17H15ClN2O5S/c1-10-17(11(2)25-19-10)26(22,23)20-16(21)6-3-12-7-13-8-14(18)4-5-15(13)24-9-12/h3-8H,9H2,1-2H3,(H,20,21)/b6-3-. The quantitative estimate of drug-likeness (QED) is 0.800. The summed E-state index contributed by atoms with van der Waals surface area (Å²) in [5.74, 6) is 0.0171. The smallest absolute Gasteiger partial charge is 0.269 e. The van der Waals surface area contributed by atoms with Crippen LogP contribution in [0.1, 0.15) is 17.0 Å². The molecule has 136 valence electrons. The first-order valence-corrected chi connectivity index (χ1v) is 9.43. The van der Waals surface area contributed by atoms with Crippen LogP contribution in [0.15, 0.2) is 45.3 Å². The monoisotopic (exact) mass is 394 g/mol. The number of aryl methyl sites for hydroxylation is 2. The Balaban J connectivity index is 1.74. The van der Waals surface area contributed by atoms with Gasteiger partial charge in [0.2, 0.25) is 0 Å². The fourth-order valence-corrected chi connectivity index (χ4v) is 3.98. The van der Waals surface area contributed by atoms with Crippen molar-refractivity contribution in [2.45, 2.75) is 18.7 Å². The van der Waals surface area contributed by atoms with Crippen molar-refractivity contribution < 1.29 is 22.5 Å². The molecule has 1 aliphatic rings. The molecule has 0 unspecified atom stereocenters. The molecule has 0 atom stereocenters. The molecule has 1 N–H and O–H groups in total. The Labute approximate surface area is 155 Å². The average molecular weight is 395 g/mol. The van der Waals surface area contributed by atoms with Crippen LogP contribution in [0.3, 0.4) is 0 Å². The van der Waals surface area contributed by atoms with Crippen molar-refractivity contribution in [3.8, 4) is 5.75 Å². The van der Waals surface area contributed by atoms with Crippen LogP contribution in [0.2, 0.25) is 5.02 Å². The van der Waals surface area contributed by atoms with Crippen molar-refractivity contribution in [3.63, 3.8) is 0 Å². The molecule has 2 aromatic rings. The minimum absolute atomic E-state index is 0.114. The van der Waals surface area contributed by atoms with Crippen molar-refractivity contribution in [3.05, 3.63) is 58.0 Å². The molecule has 0 fully saturated rings. The van der Waals surface area contributed by atoms with Gasteiger partial charge in [0.1, 0.15) is 18.1 Å². The van der Waals surface area contributed by atoms with Gasteiger partial charge in [0, 0.05) is 16.7 Å². The Morgan fingerprint density at radius 2 is 2.12 bits per heavy atom. The Kier molecular flexibility index (Phi) is 4.88. The lowest BCUT2D eigenvalue weighted by molar-refractivity contribution is -0.114. The molecule has 0 radical (unpaired) electrons. The molecular weight excluding hydrogens is 380 g/mol. The van der Waals surface area contributed by atoms with E-state index in [1.54, 1.807) is 18.2 Å². The van der Waals surface area contributed by atoms with Gasteiger partial charge < -0.3 is 9.26 Å². The fraction of sp³-hybridized carbons (Fsp3) is 0.176. The third kappa shape index (κ3) is 3.81. The third-order valence-electron chi connectivity index (χ3n) is 3.63. The van der Waals surface area contributed by atoms with E-state index in [0.29, 0.717) is 16.3 Å². The number of nitrogens with zero attached hydrogens (tertiary/aromatic N) is 1. The summed E-state index contributed by atoms with van der Waals surface area (Å²) in [7, 11) is -4.06. The van der Waals surface area contributed by atoms with Gasteiger partial charge >= 0.3 is 0 Å². The molecular formula is C17H15ClN2O5S. The summed E-state index contributed by atoms with van der Waals surface area (Å²) in [5.41, 5.74) is 1.67. The number of amides is 1. The Bertz CT molecular complexity index is 1020. The van der Waals surface area contributed by atoms with E-state index in [9.17, 15) is 13.2 Å². The number of hydrogen-bond donors (Lipinski definition) is 1. The molecule has 1 amide bonds. The summed E-state index contributed by atoms with van der Waals surface area (Å²) in [6.45, 7) is 3.20. The van der Waals surface area contributed by atoms with Gasteiger partial charge in [-0.15, -0.1) is 0 Å². The van der Waals surface area contributed by atoms with Gasteiger partial charge in [0.05, 0.1) is 0 Å². The second kappa shape index (κ2) is 6.97. The second-order valence-corrected chi connectivity index (χ2v) is 7.70. The number of nitrogens with one attached hydrogen (secondary N) is 1. The summed E-state index contributed by atoms with van der Waals surface area (Å²) in [6.07, 6.45) is 4.43. The predicted octanol–water partition coefficient (Wildman–Crippen LogP) is 2.78. The second-order valence-electron chi connectivity index (χ2n) is 5.65. The lowest BCUT2D eigenvalue weighted by atomic mass is 10.1. The van der Waals surface area contributed by atoms with Crippen LogP contribution in [-0.2, 0) is 14.8 Å². The first-order chi connectivity index (χ1) is 12.3. The van der Waals surface area contributed by atoms with E-state index < -0.39 is 15.9 Å². The van der Waals surface area contributed by atoms with Crippen LogP contribution in [0.4, 0.5) is 0 Å². The van der Waals surface area contributed by atoms with Crippen molar-refractivity contribution in [1.29, 1.82) is 0 Å². The largest absolute Gasteiger partial charge is 0.488 e. The van der Waals surface area contributed by atoms with Crippen LogP contribution in [-0.4, -0.2) is 26.1 Å². The van der Waals surface area contributed by atoms with Gasteiger partial charge in [-0.2, -0.15) is 0 Å². The van der Waals surface area contributed by atoms with Gasteiger partial charge in [0.15, 0.2) is 10.7 Å². The number of aromatic nitrogens is 1. The highest BCUT2D eigenvalue weighted by Crippen LogP contribution is 2.29. The maximum atomic E-state index is 12.3. The Morgan fingerprint density at radius 1 is 1.35 bits per heavy atom. The van der Waals surface area contributed by atoms with E-state index in [4.69, 9.17) is 20.9 Å². The summed E-state index contributed by atoms with van der Waals surface area (Å²) in [6, 6.07) is 5.23. The molecule has 9 heteroatoms. The zero-order valence-electron chi connectivity index (χ0n) is 13.9. The Hall–Kier alpha value is -2.58. The number of fused-ring (bicyclic) bond motifs is 1. The molecule has 0 saturated carbocycles. The minimum atomic E-state index is -4.06. The summed E-state index contributed by atoms with van der Waals surface area (Å²) >= 11 is 5.95. The van der Waals surface area contributed by atoms with Crippen molar-refractivity contribution in [2.24, 2.45) is 0 Å². The van der Waals surface area contributed by atoms with Crippen LogP contribution < -0.4 is 9.46 Å². The number of sulfonamides is 1. The SMILES string of the molecule is Cc1noc(C)c1S(=O)(=O)NC(=O)/C=C\C1=Cc2cc(Cl)ccc2OC1. The van der Waals surface area contributed by atoms with Crippen molar-refractivity contribution in [1.82, 2.24) is 9.88 Å². The van der Waals surface area contributed by atoms with Gasteiger partial charge in [-0.25, -0.2) is 13.1 Å². The Morgan fingerprint density at radius 3 is 2.81 bits per heavy atom. The van der Waals surface area contributed by atoms with Crippen LogP contribution in [0.5, 0.6) is 5.75 Å². The van der Waals surface area contributed by atoms with Gasteiger partial charge in [-0.1, -0.05) is 22.8 Å².